The molecule has 0 saturated heterocycles. The van der Waals surface area contributed by atoms with Crippen molar-refractivity contribution in [2.45, 2.75) is 38.1 Å². The first kappa shape index (κ1) is 20.4. The SMILES string of the molecule is CCNC(=NCc1ccc(S(C)(=O)=O)cc1)NCCc1ncc(CC)s1. The van der Waals surface area contributed by atoms with Crippen molar-refractivity contribution in [2.24, 2.45) is 4.99 Å². The lowest BCUT2D eigenvalue weighted by Gasteiger charge is -2.10. The predicted octanol–water partition coefficient (Wildman–Crippen LogP) is 2.41. The Hall–Kier alpha value is -1.93. The largest absolute Gasteiger partial charge is 0.357 e. The number of thiazole rings is 1. The first-order valence-corrected chi connectivity index (χ1v) is 11.4. The molecule has 6 nitrogen and oxygen atoms in total. The van der Waals surface area contributed by atoms with E-state index in [1.54, 1.807) is 35.6 Å². The lowest BCUT2D eigenvalue weighted by Crippen LogP contribution is -2.38. The number of hydrogen-bond acceptors (Lipinski definition) is 5. The van der Waals surface area contributed by atoms with Gasteiger partial charge in [-0.15, -0.1) is 11.3 Å². The zero-order valence-corrected chi connectivity index (χ0v) is 17.1. The normalized spacial score (nSPS) is 12.2. The minimum absolute atomic E-state index is 0.324. The summed E-state index contributed by atoms with van der Waals surface area (Å²) < 4.78 is 23.0. The van der Waals surface area contributed by atoms with Gasteiger partial charge in [0.1, 0.15) is 0 Å². The standard InChI is InChI=1S/C18H26N4O2S2/c1-4-15-13-21-17(25-15)10-11-20-18(19-5-2)22-12-14-6-8-16(9-7-14)26(3,23)24/h6-9,13H,4-5,10-12H2,1-3H3,(H2,19,20,22). The van der Waals surface area contributed by atoms with Crippen LogP contribution in [-0.4, -0.2) is 38.7 Å². The lowest BCUT2D eigenvalue weighted by molar-refractivity contribution is 0.602. The maximum absolute atomic E-state index is 11.5. The van der Waals surface area contributed by atoms with Crippen LogP contribution in [-0.2, 0) is 29.2 Å². The van der Waals surface area contributed by atoms with Crippen LogP contribution in [0.1, 0.15) is 29.3 Å². The zero-order chi connectivity index (χ0) is 19.0. The van der Waals surface area contributed by atoms with Crippen molar-refractivity contribution >= 4 is 27.1 Å². The molecule has 142 valence electrons. The van der Waals surface area contributed by atoms with E-state index in [1.807, 2.05) is 13.1 Å². The molecule has 2 aromatic rings. The van der Waals surface area contributed by atoms with E-state index in [2.05, 4.69) is 27.5 Å². The van der Waals surface area contributed by atoms with E-state index in [0.717, 1.165) is 42.5 Å². The van der Waals surface area contributed by atoms with Crippen LogP contribution < -0.4 is 10.6 Å². The van der Waals surface area contributed by atoms with Gasteiger partial charge in [0.25, 0.3) is 0 Å². The first-order chi connectivity index (χ1) is 12.4. The van der Waals surface area contributed by atoms with Gasteiger partial charge in [-0.1, -0.05) is 19.1 Å². The summed E-state index contributed by atoms with van der Waals surface area (Å²) in [4.78, 5) is 10.6. The van der Waals surface area contributed by atoms with Gasteiger partial charge in [-0.2, -0.15) is 0 Å². The molecular formula is C18H26N4O2S2. The zero-order valence-electron chi connectivity index (χ0n) is 15.4. The van der Waals surface area contributed by atoms with Gasteiger partial charge in [0, 0.05) is 36.8 Å². The summed E-state index contributed by atoms with van der Waals surface area (Å²) in [5.41, 5.74) is 0.960. The van der Waals surface area contributed by atoms with Crippen molar-refractivity contribution in [3.05, 3.63) is 45.9 Å². The molecule has 2 rings (SSSR count). The molecule has 0 atom stereocenters. The predicted molar refractivity (Wildman–Crippen MR) is 108 cm³/mol. The van der Waals surface area contributed by atoms with Crippen molar-refractivity contribution in [3.63, 3.8) is 0 Å². The summed E-state index contributed by atoms with van der Waals surface area (Å²) in [5, 5.41) is 7.66. The Morgan fingerprint density at radius 1 is 1.19 bits per heavy atom. The Labute approximate surface area is 159 Å². The maximum Gasteiger partial charge on any atom is 0.191 e. The fraction of sp³-hybridized carbons (Fsp3) is 0.444. The molecule has 0 unspecified atom stereocenters. The van der Waals surface area contributed by atoms with E-state index in [1.165, 1.54) is 11.1 Å². The van der Waals surface area contributed by atoms with E-state index in [0.29, 0.717) is 11.4 Å². The molecule has 2 N–H and O–H groups in total. The second-order valence-electron chi connectivity index (χ2n) is 5.86. The average Bonchev–Trinajstić information content (AvgIpc) is 3.07. The van der Waals surface area contributed by atoms with Gasteiger partial charge >= 0.3 is 0 Å². The number of nitrogens with zero attached hydrogens (tertiary/aromatic N) is 2. The third kappa shape index (κ3) is 6.42. The third-order valence-corrected chi connectivity index (χ3v) is 6.03. The summed E-state index contributed by atoms with van der Waals surface area (Å²) in [5.74, 6) is 0.743. The number of aryl methyl sites for hydroxylation is 1. The van der Waals surface area contributed by atoms with E-state index < -0.39 is 9.84 Å². The Kier molecular flexibility index (Phi) is 7.59. The Morgan fingerprint density at radius 2 is 1.92 bits per heavy atom. The van der Waals surface area contributed by atoms with Gasteiger partial charge in [-0.05, 0) is 31.0 Å². The third-order valence-electron chi connectivity index (χ3n) is 3.70. The minimum Gasteiger partial charge on any atom is -0.357 e. The van der Waals surface area contributed by atoms with Crippen molar-refractivity contribution in [1.29, 1.82) is 0 Å². The molecule has 0 radical (unpaired) electrons. The molecule has 0 saturated carbocycles. The highest BCUT2D eigenvalue weighted by Crippen LogP contribution is 2.13. The van der Waals surface area contributed by atoms with Gasteiger partial charge in [0.2, 0.25) is 0 Å². The second-order valence-corrected chi connectivity index (χ2v) is 9.08. The molecular weight excluding hydrogens is 368 g/mol. The smallest absolute Gasteiger partial charge is 0.191 e. The highest BCUT2D eigenvalue weighted by atomic mass is 32.2. The molecule has 1 heterocycles. The highest BCUT2D eigenvalue weighted by molar-refractivity contribution is 7.90. The lowest BCUT2D eigenvalue weighted by atomic mass is 10.2. The van der Waals surface area contributed by atoms with Crippen LogP contribution in [0.3, 0.4) is 0 Å². The van der Waals surface area contributed by atoms with Crippen molar-refractivity contribution in [3.8, 4) is 0 Å². The highest BCUT2D eigenvalue weighted by Gasteiger charge is 2.06. The maximum atomic E-state index is 11.5. The molecule has 0 spiro atoms. The van der Waals surface area contributed by atoms with Crippen LogP contribution >= 0.6 is 11.3 Å². The minimum atomic E-state index is -3.16. The Morgan fingerprint density at radius 3 is 2.50 bits per heavy atom. The van der Waals surface area contributed by atoms with Crippen LogP contribution in [0.25, 0.3) is 0 Å². The van der Waals surface area contributed by atoms with Crippen LogP contribution in [0, 0.1) is 0 Å². The average molecular weight is 395 g/mol. The molecule has 1 aromatic carbocycles. The van der Waals surface area contributed by atoms with Gasteiger partial charge in [-0.3, -0.25) is 0 Å². The number of aliphatic imine (C=N–C) groups is 1. The first-order valence-electron chi connectivity index (χ1n) is 8.67. The van der Waals surface area contributed by atoms with E-state index in [9.17, 15) is 8.42 Å². The quantitative estimate of drug-likeness (QED) is 0.531. The van der Waals surface area contributed by atoms with Crippen LogP contribution in [0.15, 0.2) is 40.4 Å². The summed E-state index contributed by atoms with van der Waals surface area (Å²) in [7, 11) is -3.16. The van der Waals surface area contributed by atoms with Crippen molar-refractivity contribution < 1.29 is 8.42 Å². The summed E-state index contributed by atoms with van der Waals surface area (Å²) in [6, 6.07) is 6.83. The topological polar surface area (TPSA) is 83.5 Å². The van der Waals surface area contributed by atoms with Gasteiger partial charge < -0.3 is 10.6 Å². The van der Waals surface area contributed by atoms with Gasteiger partial charge in [0.15, 0.2) is 15.8 Å². The number of aromatic nitrogens is 1. The van der Waals surface area contributed by atoms with Crippen molar-refractivity contribution in [1.82, 2.24) is 15.6 Å². The fourth-order valence-electron chi connectivity index (χ4n) is 2.27. The molecule has 26 heavy (non-hydrogen) atoms. The summed E-state index contributed by atoms with van der Waals surface area (Å²) in [6.07, 6.45) is 5.03. The number of rotatable bonds is 8. The van der Waals surface area contributed by atoms with Gasteiger partial charge in [0.05, 0.1) is 16.4 Å². The van der Waals surface area contributed by atoms with Gasteiger partial charge in [-0.25, -0.2) is 18.4 Å². The molecule has 0 aliphatic rings. The number of benzene rings is 1. The molecule has 1 aromatic heterocycles. The van der Waals surface area contributed by atoms with E-state index in [4.69, 9.17) is 0 Å². The van der Waals surface area contributed by atoms with E-state index in [-0.39, 0.29) is 0 Å². The fourth-order valence-corrected chi connectivity index (χ4v) is 3.76. The van der Waals surface area contributed by atoms with Crippen molar-refractivity contribution in [2.75, 3.05) is 19.3 Å². The Balaban J connectivity index is 1.91. The summed E-state index contributed by atoms with van der Waals surface area (Å²) in [6.45, 7) is 6.17. The molecule has 0 amide bonds. The summed E-state index contributed by atoms with van der Waals surface area (Å²) >= 11 is 1.75. The molecule has 0 aliphatic carbocycles. The molecule has 8 heteroatoms. The van der Waals surface area contributed by atoms with Crippen LogP contribution in [0.4, 0.5) is 0 Å². The van der Waals surface area contributed by atoms with Crippen LogP contribution in [0.5, 0.6) is 0 Å². The molecule has 0 aliphatic heterocycles. The number of hydrogen-bond donors (Lipinski definition) is 2. The van der Waals surface area contributed by atoms with E-state index >= 15 is 0 Å². The second kappa shape index (κ2) is 9.68. The monoisotopic (exact) mass is 394 g/mol. The number of guanidine groups is 1. The number of sulfone groups is 1. The molecule has 0 bridgehead atoms. The Bertz CT molecular complexity index is 827. The molecule has 0 fully saturated rings. The number of nitrogens with one attached hydrogen (secondary N) is 2. The van der Waals surface area contributed by atoms with Crippen LogP contribution in [0.2, 0.25) is 0 Å².